The molecule has 1 fully saturated rings. The third-order valence-electron chi connectivity index (χ3n) is 4.17. The third-order valence-corrected chi connectivity index (χ3v) is 4.51. The molecule has 2 N–H and O–H groups in total. The van der Waals surface area contributed by atoms with Crippen molar-refractivity contribution in [2.75, 3.05) is 5.73 Å². The minimum absolute atomic E-state index is 0.432. The summed E-state index contributed by atoms with van der Waals surface area (Å²) in [5.41, 5.74) is 7.14. The first-order valence-corrected chi connectivity index (χ1v) is 7.44. The van der Waals surface area contributed by atoms with Crippen LogP contribution in [-0.2, 0) is 0 Å². The zero-order valence-electron chi connectivity index (χ0n) is 11.5. The molecule has 1 heterocycles. The first kappa shape index (κ1) is 13.4. The van der Waals surface area contributed by atoms with E-state index in [9.17, 15) is 0 Å². The minimum Gasteiger partial charge on any atom is -0.398 e. The number of nitrogens with zero attached hydrogens (tertiary/aromatic N) is 2. The van der Waals surface area contributed by atoms with E-state index in [1.807, 2.05) is 6.07 Å². The monoisotopic (exact) mass is 291 g/mol. The molecule has 1 aromatic carbocycles. The molecule has 20 heavy (non-hydrogen) atoms. The number of anilines is 1. The largest absolute Gasteiger partial charge is 0.398 e. The molecule has 1 aromatic heterocycles. The molecule has 1 saturated carbocycles. The molecule has 2 unspecified atom stereocenters. The van der Waals surface area contributed by atoms with Gasteiger partial charge in [-0.1, -0.05) is 30.1 Å². The van der Waals surface area contributed by atoms with E-state index in [2.05, 4.69) is 17.1 Å². The summed E-state index contributed by atoms with van der Waals surface area (Å²) >= 11 is 5.92. The quantitative estimate of drug-likeness (QED) is 0.858. The summed E-state index contributed by atoms with van der Waals surface area (Å²) in [5.74, 6) is 2.57. The van der Waals surface area contributed by atoms with Crippen LogP contribution < -0.4 is 5.73 Å². The van der Waals surface area contributed by atoms with Gasteiger partial charge in [0.1, 0.15) is 0 Å². The van der Waals surface area contributed by atoms with Gasteiger partial charge in [0.25, 0.3) is 5.89 Å². The van der Waals surface area contributed by atoms with Crippen molar-refractivity contribution in [2.45, 2.75) is 38.5 Å². The molecule has 0 bridgehead atoms. The summed E-state index contributed by atoms with van der Waals surface area (Å²) in [5, 5.41) is 4.67. The Morgan fingerprint density at radius 2 is 2.25 bits per heavy atom. The molecule has 1 aliphatic rings. The maximum absolute atomic E-state index is 5.92. The summed E-state index contributed by atoms with van der Waals surface area (Å²) in [6.07, 6.45) is 4.81. The van der Waals surface area contributed by atoms with Crippen LogP contribution in [-0.4, -0.2) is 10.1 Å². The summed E-state index contributed by atoms with van der Waals surface area (Å²) < 4.78 is 5.37. The van der Waals surface area contributed by atoms with Crippen LogP contribution in [0.1, 0.15) is 44.3 Å². The molecule has 5 heteroatoms. The second-order valence-corrected chi connectivity index (χ2v) is 5.89. The first-order valence-electron chi connectivity index (χ1n) is 7.06. The van der Waals surface area contributed by atoms with Crippen molar-refractivity contribution in [1.82, 2.24) is 10.1 Å². The van der Waals surface area contributed by atoms with Crippen LogP contribution in [0.2, 0.25) is 5.02 Å². The first-order chi connectivity index (χ1) is 9.67. The normalized spacial score (nSPS) is 22.3. The average molecular weight is 292 g/mol. The van der Waals surface area contributed by atoms with Crippen molar-refractivity contribution < 1.29 is 4.52 Å². The van der Waals surface area contributed by atoms with Gasteiger partial charge in [0.2, 0.25) is 0 Å². The van der Waals surface area contributed by atoms with Gasteiger partial charge in [-0.15, -0.1) is 0 Å². The Balaban J connectivity index is 1.81. The highest BCUT2D eigenvalue weighted by Crippen LogP contribution is 2.39. The number of benzene rings is 1. The fourth-order valence-corrected chi connectivity index (χ4v) is 2.99. The lowest BCUT2D eigenvalue weighted by molar-refractivity contribution is 0.413. The molecule has 2 aromatic rings. The van der Waals surface area contributed by atoms with Gasteiger partial charge < -0.3 is 10.3 Å². The number of aromatic nitrogens is 2. The molecule has 3 rings (SSSR count). The topological polar surface area (TPSA) is 64.9 Å². The Labute approximate surface area is 123 Å². The Kier molecular flexibility index (Phi) is 3.66. The Hall–Kier alpha value is -1.55. The van der Waals surface area contributed by atoms with Crippen LogP contribution in [0.5, 0.6) is 0 Å². The number of hydrogen-bond donors (Lipinski definition) is 1. The zero-order chi connectivity index (χ0) is 14.1. The SMILES string of the molecule is CCC1CCC(c2noc(-c3ccc(Cl)c(N)c3)n2)C1. The van der Waals surface area contributed by atoms with E-state index in [1.54, 1.807) is 12.1 Å². The van der Waals surface area contributed by atoms with Gasteiger partial charge in [-0.25, -0.2) is 0 Å². The van der Waals surface area contributed by atoms with Gasteiger partial charge in [-0.2, -0.15) is 4.98 Å². The molecule has 0 spiro atoms. The Morgan fingerprint density at radius 3 is 2.95 bits per heavy atom. The predicted molar refractivity (Wildman–Crippen MR) is 79.5 cm³/mol. The molecule has 0 amide bonds. The molecule has 2 atom stereocenters. The fourth-order valence-electron chi connectivity index (χ4n) is 2.87. The Morgan fingerprint density at radius 1 is 1.40 bits per heavy atom. The second kappa shape index (κ2) is 5.44. The maximum atomic E-state index is 5.92. The summed E-state index contributed by atoms with van der Waals surface area (Å²) in [6.45, 7) is 2.24. The van der Waals surface area contributed by atoms with E-state index in [-0.39, 0.29) is 0 Å². The molecular formula is C15H18ClN3O. The standard InChI is InChI=1S/C15H18ClN3O/c1-2-9-3-4-10(7-9)14-18-15(20-19-14)11-5-6-12(16)13(17)8-11/h5-6,8-10H,2-4,7,17H2,1H3. The average Bonchev–Trinajstić information content (AvgIpc) is 3.09. The molecular weight excluding hydrogens is 274 g/mol. The predicted octanol–water partition coefficient (Wildman–Crippen LogP) is 4.27. The lowest BCUT2D eigenvalue weighted by atomic mass is 10.0. The smallest absolute Gasteiger partial charge is 0.258 e. The maximum Gasteiger partial charge on any atom is 0.258 e. The van der Waals surface area contributed by atoms with E-state index < -0.39 is 0 Å². The lowest BCUT2D eigenvalue weighted by Crippen LogP contribution is -1.97. The number of rotatable bonds is 3. The van der Waals surface area contributed by atoms with E-state index >= 15 is 0 Å². The van der Waals surface area contributed by atoms with Gasteiger partial charge in [0.05, 0.1) is 10.7 Å². The summed E-state index contributed by atoms with van der Waals surface area (Å²) in [4.78, 5) is 4.53. The number of halogens is 1. The van der Waals surface area contributed by atoms with Crippen molar-refractivity contribution in [3.63, 3.8) is 0 Å². The molecule has 1 aliphatic carbocycles. The highest BCUT2D eigenvalue weighted by Gasteiger charge is 2.28. The molecule has 106 valence electrons. The van der Waals surface area contributed by atoms with E-state index in [4.69, 9.17) is 21.9 Å². The highest BCUT2D eigenvalue weighted by molar-refractivity contribution is 6.33. The summed E-state index contributed by atoms with van der Waals surface area (Å²) in [6, 6.07) is 5.36. The zero-order valence-corrected chi connectivity index (χ0v) is 12.2. The van der Waals surface area contributed by atoms with Crippen LogP contribution >= 0.6 is 11.6 Å². The van der Waals surface area contributed by atoms with Crippen molar-refractivity contribution in [2.24, 2.45) is 5.92 Å². The van der Waals surface area contributed by atoms with Crippen LogP contribution in [0.25, 0.3) is 11.5 Å². The third kappa shape index (κ3) is 2.52. The second-order valence-electron chi connectivity index (χ2n) is 5.48. The van der Waals surface area contributed by atoms with Crippen LogP contribution in [0.15, 0.2) is 22.7 Å². The Bertz CT molecular complexity index is 611. The van der Waals surface area contributed by atoms with Crippen molar-refractivity contribution in [3.05, 3.63) is 29.0 Å². The molecule has 0 saturated heterocycles. The van der Waals surface area contributed by atoms with E-state index in [0.717, 1.165) is 30.1 Å². The van der Waals surface area contributed by atoms with Gasteiger partial charge in [0, 0.05) is 11.5 Å². The fraction of sp³-hybridized carbons (Fsp3) is 0.467. The van der Waals surface area contributed by atoms with Crippen molar-refractivity contribution in [3.8, 4) is 11.5 Å². The van der Waals surface area contributed by atoms with Gasteiger partial charge in [-0.3, -0.25) is 0 Å². The van der Waals surface area contributed by atoms with Crippen LogP contribution in [0, 0.1) is 5.92 Å². The van der Waals surface area contributed by atoms with Crippen molar-refractivity contribution in [1.29, 1.82) is 0 Å². The molecule has 0 aliphatic heterocycles. The van der Waals surface area contributed by atoms with E-state index in [1.165, 1.54) is 12.8 Å². The minimum atomic E-state index is 0.432. The van der Waals surface area contributed by atoms with Crippen LogP contribution in [0.3, 0.4) is 0 Å². The molecule has 4 nitrogen and oxygen atoms in total. The number of nitrogens with two attached hydrogens (primary N) is 1. The number of hydrogen-bond acceptors (Lipinski definition) is 4. The number of nitrogen functional groups attached to an aromatic ring is 1. The van der Waals surface area contributed by atoms with Crippen LogP contribution in [0.4, 0.5) is 5.69 Å². The van der Waals surface area contributed by atoms with Crippen molar-refractivity contribution >= 4 is 17.3 Å². The highest BCUT2D eigenvalue weighted by atomic mass is 35.5. The van der Waals surface area contributed by atoms with Gasteiger partial charge in [0.15, 0.2) is 5.82 Å². The van der Waals surface area contributed by atoms with Gasteiger partial charge >= 0.3 is 0 Å². The summed E-state index contributed by atoms with van der Waals surface area (Å²) in [7, 11) is 0. The van der Waals surface area contributed by atoms with E-state index in [0.29, 0.717) is 22.5 Å². The van der Waals surface area contributed by atoms with Gasteiger partial charge in [-0.05, 0) is 43.4 Å². The molecule has 0 radical (unpaired) electrons. The lowest BCUT2D eigenvalue weighted by Gasteiger charge is -2.04.